The maximum absolute atomic E-state index is 16.5. The fourth-order valence-electron chi connectivity index (χ4n) is 24.8. The molecule has 2 atom stereocenters. The molecule has 0 heterocycles. The van der Waals surface area contributed by atoms with Crippen LogP contribution in [-0.4, -0.2) is 32.2 Å². The predicted octanol–water partition coefficient (Wildman–Crippen LogP) is 18.8. The third kappa shape index (κ3) is 1.85. The van der Waals surface area contributed by atoms with Gasteiger partial charge in [0, 0.05) is 16.7 Å². The van der Waals surface area contributed by atoms with Crippen LogP contribution in [0, 0.1) is 0 Å². The summed E-state index contributed by atoms with van der Waals surface area (Å²) in [5, 5.41) is 70.2. The largest absolute Gasteiger partial charge is 0.411 e. The smallest absolute Gasteiger partial charge is 0.351 e. The standard InChI is InChI=1S/C67H14F3O4P/c1-3-73-75(71,74-4-2)6-65-59-51-42-35-22-15-9-10-12-8-7-11(9)20(22)26-24-13(7)17-14(8)25-27-21(12)23-16(10)19-18(15)29-37-30(19)39-36(23)43-41(27)45-32(25)34-28(17)33-31(24)44(40(26)42)55(59)57-46(33)47(34)58-56(45)60-52(43)49(39)54-50(37)53(48(51)38(29)35)61(65)63(54)67(60,64(58)62(57)65)72-5-66(68,69)70/h3-6H2,1-2H3. The Labute approximate surface area is 407 Å². The second-order valence-electron chi connectivity index (χ2n) is 25.8. The molecule has 0 radical (unpaired) electrons. The first-order valence-electron chi connectivity index (χ1n) is 27.1. The molecule has 2 unspecified atom stereocenters. The van der Waals surface area contributed by atoms with Gasteiger partial charge in [0.05, 0.1) is 24.8 Å². The van der Waals surface area contributed by atoms with Crippen LogP contribution in [0.3, 0.4) is 0 Å². The van der Waals surface area contributed by atoms with Crippen LogP contribution >= 0.6 is 7.60 Å². The third-order valence-electron chi connectivity index (χ3n) is 24.9. The summed E-state index contributed by atoms with van der Waals surface area (Å²) in [6, 6.07) is 0. The van der Waals surface area contributed by atoms with Gasteiger partial charge in [-0.25, -0.2) is 0 Å². The fraction of sp³-hybridized carbons (Fsp3) is 0.134. The lowest BCUT2D eigenvalue weighted by Crippen LogP contribution is -2.47. The van der Waals surface area contributed by atoms with Gasteiger partial charge in [-0.2, -0.15) is 13.2 Å². The summed E-state index contributed by atoms with van der Waals surface area (Å²) in [7, 11) is -3.96. The Balaban J connectivity index is 1.14. The quantitative estimate of drug-likeness (QED) is 0.112. The summed E-state index contributed by atoms with van der Waals surface area (Å²) >= 11 is 0. The number of benzene rings is 17. The minimum atomic E-state index is -4.62. The number of hydrogen-bond donors (Lipinski definition) is 0. The van der Waals surface area contributed by atoms with Crippen molar-refractivity contribution in [2.45, 2.75) is 31.0 Å². The lowest BCUT2D eigenvalue weighted by Gasteiger charge is -2.49. The van der Waals surface area contributed by atoms with Crippen LogP contribution in [0.2, 0.25) is 0 Å². The van der Waals surface area contributed by atoms with Crippen molar-refractivity contribution in [3.63, 3.8) is 0 Å². The maximum atomic E-state index is 16.5. The van der Waals surface area contributed by atoms with Gasteiger partial charge >= 0.3 is 13.8 Å². The van der Waals surface area contributed by atoms with E-state index in [0.717, 1.165) is 49.4 Å². The van der Waals surface area contributed by atoms with E-state index in [1.54, 1.807) is 0 Å². The molecule has 32 rings (SSSR count). The number of hydrogen-bond acceptors (Lipinski definition) is 4. The summed E-state index contributed by atoms with van der Waals surface area (Å²) in [6.07, 6.45) is -4.55. The van der Waals surface area contributed by atoms with Gasteiger partial charge in [-0.15, -0.1) is 0 Å². The molecular formula is C67H14F3O4P. The van der Waals surface area contributed by atoms with Crippen molar-refractivity contribution in [3.8, 4) is 0 Å². The maximum Gasteiger partial charge on any atom is 0.411 e. The molecule has 5 aliphatic rings. The van der Waals surface area contributed by atoms with Crippen LogP contribution in [0.4, 0.5) is 13.2 Å². The highest BCUT2D eigenvalue weighted by atomic mass is 31.2. The molecule has 75 heavy (non-hydrogen) atoms. The average Bonchev–Trinajstić information content (AvgIpc) is 2.08. The van der Waals surface area contributed by atoms with Gasteiger partial charge in [-0.3, -0.25) is 4.57 Å². The summed E-state index contributed by atoms with van der Waals surface area (Å²) in [6.45, 7) is 2.85. The Morgan fingerprint density at radius 1 is 0.307 bits per heavy atom. The van der Waals surface area contributed by atoms with Gasteiger partial charge in [0.1, 0.15) is 12.2 Å². The monoisotopic (exact) mass is 970 g/mol. The van der Waals surface area contributed by atoms with Crippen LogP contribution in [0.5, 0.6) is 0 Å². The lowest BCUT2D eigenvalue weighted by atomic mass is 9.58. The molecule has 0 saturated heterocycles. The van der Waals surface area contributed by atoms with Gasteiger partial charge in [0.15, 0.2) is 0 Å². The van der Waals surface area contributed by atoms with E-state index in [0.29, 0.717) is 0 Å². The van der Waals surface area contributed by atoms with Crippen molar-refractivity contribution >= 4 is 288 Å². The predicted molar refractivity (Wildman–Crippen MR) is 300 cm³/mol. The minimum Gasteiger partial charge on any atom is -0.351 e. The zero-order chi connectivity index (χ0) is 46.4. The summed E-state index contributed by atoms with van der Waals surface area (Å²) < 4.78 is 84.8. The molecule has 0 amide bonds. The Morgan fingerprint density at radius 3 is 0.800 bits per heavy atom. The average molecular weight is 971 g/mol. The Hall–Kier alpha value is -7.64. The molecule has 0 fully saturated rings. The van der Waals surface area contributed by atoms with Crippen LogP contribution in [-0.2, 0) is 29.4 Å². The minimum absolute atomic E-state index is 0.0643. The Kier molecular flexibility index (Phi) is 3.04. The van der Waals surface area contributed by atoms with Gasteiger partial charge in [-0.05, 0) is 311 Å². The summed E-state index contributed by atoms with van der Waals surface area (Å²) in [5.74, 6) is 0. The first-order chi connectivity index (χ1) is 36.8. The van der Waals surface area contributed by atoms with Crippen molar-refractivity contribution in [1.29, 1.82) is 0 Å². The molecule has 0 bridgehead atoms. The second-order valence-corrected chi connectivity index (χ2v) is 27.9. The molecular weight excluding hydrogens is 957 g/mol. The van der Waals surface area contributed by atoms with E-state index in [1.165, 1.54) is 264 Å². The zero-order valence-electron chi connectivity index (χ0n) is 38.5. The Bertz CT molecular complexity index is 7450. The van der Waals surface area contributed by atoms with Crippen LogP contribution in [0.25, 0.3) is 280 Å². The highest BCUT2D eigenvalue weighted by molar-refractivity contribution is 7.54. The second kappa shape index (κ2) is 7.28. The molecule has 5 aliphatic carbocycles. The van der Waals surface area contributed by atoms with Crippen molar-refractivity contribution in [3.05, 3.63) is 33.4 Å². The molecule has 0 N–H and O–H groups in total. The third-order valence-corrected chi connectivity index (χ3v) is 27.0. The van der Waals surface area contributed by atoms with Crippen LogP contribution in [0.1, 0.15) is 47.2 Å². The number of rotatable bonds is 8. The van der Waals surface area contributed by atoms with E-state index < -0.39 is 31.4 Å². The molecule has 332 valence electrons. The fourth-order valence-corrected chi connectivity index (χ4v) is 26.9. The molecule has 8 heteroatoms. The van der Waals surface area contributed by atoms with E-state index in [2.05, 4.69) is 0 Å². The van der Waals surface area contributed by atoms with Gasteiger partial charge in [0.2, 0.25) is 0 Å². The lowest BCUT2D eigenvalue weighted by molar-refractivity contribution is -0.193. The molecule has 0 spiro atoms. The van der Waals surface area contributed by atoms with Gasteiger partial charge in [0.25, 0.3) is 0 Å². The van der Waals surface area contributed by atoms with Gasteiger partial charge in [-0.1, -0.05) is 0 Å². The number of halogens is 3. The molecule has 0 saturated carbocycles. The van der Waals surface area contributed by atoms with E-state index in [9.17, 15) is 0 Å². The summed E-state index contributed by atoms with van der Waals surface area (Å²) in [5.41, 5.74) is 3.39. The molecule has 27 aromatic carbocycles. The van der Waals surface area contributed by atoms with Crippen LogP contribution < -0.4 is 0 Å². The highest BCUT2D eigenvalue weighted by Gasteiger charge is 2.69. The normalized spacial score (nSPS) is 21.7. The van der Waals surface area contributed by atoms with Gasteiger partial charge < -0.3 is 13.8 Å². The van der Waals surface area contributed by atoms with E-state index in [1.807, 2.05) is 13.8 Å². The number of ether oxygens (including phenoxy) is 1. The van der Waals surface area contributed by atoms with E-state index in [-0.39, 0.29) is 19.4 Å². The molecule has 4 nitrogen and oxygen atoms in total. The number of alkyl halides is 3. The first kappa shape index (κ1) is 31.3. The summed E-state index contributed by atoms with van der Waals surface area (Å²) in [4.78, 5) is 0. The van der Waals surface area contributed by atoms with E-state index >= 15 is 17.7 Å². The molecule has 0 aromatic heterocycles. The van der Waals surface area contributed by atoms with Crippen molar-refractivity contribution < 1.29 is 31.5 Å². The highest BCUT2D eigenvalue weighted by Crippen LogP contribution is 2.85. The first-order valence-corrected chi connectivity index (χ1v) is 28.9. The SMILES string of the molecule is CCOP(=O)(CC12c3c4c5c6c7c8c9c%10c(c1c1c%11c2c2c%12c3c5c3c5c%12c%12c2c2c%11c%11c%13c1c%10c1c%10c9c9c7c7c6c3c3c5c5c%12c6c2c%11c2c(c%131)c1c%10c9c9c7c3c3c9c1c2c6c53)C48OCC(F)(F)F)OCC. The molecule has 27 aromatic rings. The Morgan fingerprint density at radius 2 is 0.507 bits per heavy atom. The van der Waals surface area contributed by atoms with Crippen molar-refractivity contribution in [1.82, 2.24) is 0 Å². The van der Waals surface area contributed by atoms with Crippen molar-refractivity contribution in [2.24, 2.45) is 0 Å². The zero-order valence-corrected chi connectivity index (χ0v) is 39.4. The molecule has 0 aliphatic heterocycles. The van der Waals surface area contributed by atoms with E-state index in [4.69, 9.17) is 13.8 Å². The van der Waals surface area contributed by atoms with Crippen molar-refractivity contribution in [2.75, 3.05) is 26.0 Å². The van der Waals surface area contributed by atoms with Crippen LogP contribution in [0.15, 0.2) is 0 Å². The topological polar surface area (TPSA) is 44.8 Å².